The van der Waals surface area contributed by atoms with Crippen LogP contribution in [-0.4, -0.2) is 53.3 Å². The number of amides is 1. The molecule has 0 saturated carbocycles. The predicted molar refractivity (Wildman–Crippen MR) is 72.8 cm³/mol. The van der Waals surface area contributed by atoms with Crippen molar-refractivity contribution in [3.8, 4) is 0 Å². The molecule has 0 aromatic rings. The molecular formula is C14H23ClN2O. The second-order valence-electron chi connectivity index (χ2n) is 6.30. The summed E-state index contributed by atoms with van der Waals surface area (Å²) in [5, 5.41) is 0. The van der Waals surface area contributed by atoms with Crippen LogP contribution in [0, 0.1) is 5.92 Å². The van der Waals surface area contributed by atoms with E-state index in [9.17, 15) is 4.79 Å². The quantitative estimate of drug-likeness (QED) is 0.718. The number of alkyl halides is 1. The number of carbonyl (C=O) groups is 1. The first-order valence-electron chi connectivity index (χ1n) is 7.26. The van der Waals surface area contributed by atoms with Crippen molar-refractivity contribution >= 4 is 17.5 Å². The number of piperidine rings is 2. The lowest BCUT2D eigenvalue weighted by Crippen LogP contribution is -2.55. The lowest BCUT2D eigenvalue weighted by molar-refractivity contribution is -0.131. The largest absolute Gasteiger partial charge is 0.339 e. The molecule has 3 rings (SSSR count). The summed E-state index contributed by atoms with van der Waals surface area (Å²) in [6, 6.07) is 1.88. The predicted octanol–water partition coefficient (Wildman–Crippen LogP) is 2.09. The molecule has 1 amide bonds. The Balaban J connectivity index is 1.69. The van der Waals surface area contributed by atoms with E-state index in [4.69, 9.17) is 11.6 Å². The molecule has 2 unspecified atom stereocenters. The van der Waals surface area contributed by atoms with Gasteiger partial charge in [-0.05, 0) is 38.6 Å². The van der Waals surface area contributed by atoms with E-state index < -0.39 is 0 Å². The average Bonchev–Trinajstić information content (AvgIpc) is 2.70. The molecule has 0 N–H and O–H groups in total. The molecule has 3 nitrogen and oxygen atoms in total. The molecule has 3 aliphatic rings. The van der Waals surface area contributed by atoms with Crippen LogP contribution in [0.3, 0.4) is 0 Å². The number of hydrogen-bond acceptors (Lipinski definition) is 2. The third-order valence-corrected chi connectivity index (χ3v) is 5.65. The highest BCUT2D eigenvalue weighted by Crippen LogP contribution is 2.36. The third kappa shape index (κ3) is 2.16. The molecule has 4 atom stereocenters. The van der Waals surface area contributed by atoms with Gasteiger partial charge in [-0.25, -0.2) is 0 Å². The van der Waals surface area contributed by atoms with Crippen LogP contribution in [0.1, 0.15) is 38.5 Å². The number of carbonyl (C=O) groups excluding carboxylic acids is 1. The van der Waals surface area contributed by atoms with E-state index in [-0.39, 0.29) is 0 Å². The molecule has 0 spiro atoms. The number of hydrogen-bond donors (Lipinski definition) is 0. The fraction of sp³-hybridized carbons (Fsp3) is 0.929. The summed E-state index contributed by atoms with van der Waals surface area (Å²) < 4.78 is 0. The Morgan fingerprint density at radius 3 is 2.44 bits per heavy atom. The van der Waals surface area contributed by atoms with Gasteiger partial charge in [-0.3, -0.25) is 4.79 Å². The summed E-state index contributed by atoms with van der Waals surface area (Å²) in [6.07, 6.45) is 7.01. The van der Waals surface area contributed by atoms with Crippen molar-refractivity contribution in [1.29, 1.82) is 0 Å². The number of likely N-dealkylation sites (tertiary alicyclic amines) is 1. The lowest BCUT2D eigenvalue weighted by Gasteiger charge is -2.49. The molecular weight excluding hydrogens is 248 g/mol. The van der Waals surface area contributed by atoms with E-state index in [1.54, 1.807) is 0 Å². The fourth-order valence-electron chi connectivity index (χ4n) is 4.11. The molecule has 102 valence electrons. The topological polar surface area (TPSA) is 23.6 Å². The van der Waals surface area contributed by atoms with Crippen molar-refractivity contribution < 1.29 is 4.79 Å². The van der Waals surface area contributed by atoms with E-state index in [1.165, 1.54) is 32.1 Å². The first-order valence-corrected chi connectivity index (χ1v) is 7.80. The number of fused-ring (bicyclic) bond motifs is 2. The Morgan fingerprint density at radius 2 is 1.89 bits per heavy atom. The summed E-state index contributed by atoms with van der Waals surface area (Å²) in [5.74, 6) is 1.36. The van der Waals surface area contributed by atoms with Crippen LogP contribution in [0.5, 0.6) is 0 Å². The molecule has 3 fully saturated rings. The molecule has 0 aromatic heterocycles. The fourth-order valence-corrected chi connectivity index (χ4v) is 4.31. The van der Waals surface area contributed by atoms with Crippen LogP contribution >= 0.6 is 11.6 Å². The van der Waals surface area contributed by atoms with Gasteiger partial charge in [0.1, 0.15) is 0 Å². The highest BCUT2D eigenvalue weighted by molar-refractivity contribution is 6.18. The summed E-state index contributed by atoms with van der Waals surface area (Å²) in [7, 11) is 2.26. The Kier molecular flexibility index (Phi) is 3.55. The minimum absolute atomic E-state index is 0.341. The van der Waals surface area contributed by atoms with Crippen LogP contribution < -0.4 is 0 Å². The molecule has 2 bridgehead atoms. The van der Waals surface area contributed by atoms with Crippen molar-refractivity contribution in [2.24, 2.45) is 5.92 Å². The Labute approximate surface area is 114 Å². The SMILES string of the molecule is CN1[C@@H]2CCC[C@H]1CC(N1CC(CCl)CC1=O)C2. The second-order valence-corrected chi connectivity index (χ2v) is 6.61. The summed E-state index contributed by atoms with van der Waals surface area (Å²) >= 11 is 5.91. The molecule has 0 aliphatic carbocycles. The van der Waals surface area contributed by atoms with E-state index in [2.05, 4.69) is 16.8 Å². The first-order chi connectivity index (χ1) is 8.69. The number of nitrogens with zero attached hydrogens (tertiary/aromatic N) is 2. The van der Waals surface area contributed by atoms with E-state index >= 15 is 0 Å². The maximum absolute atomic E-state index is 12.1. The van der Waals surface area contributed by atoms with E-state index in [0.29, 0.717) is 42.3 Å². The van der Waals surface area contributed by atoms with Gasteiger partial charge in [0.25, 0.3) is 0 Å². The molecule has 3 heterocycles. The van der Waals surface area contributed by atoms with Crippen LogP contribution in [0.25, 0.3) is 0 Å². The minimum Gasteiger partial charge on any atom is -0.339 e. The third-order valence-electron chi connectivity index (χ3n) is 5.21. The maximum Gasteiger partial charge on any atom is 0.223 e. The Morgan fingerprint density at radius 1 is 1.22 bits per heavy atom. The van der Waals surface area contributed by atoms with Crippen molar-refractivity contribution in [3.05, 3.63) is 0 Å². The van der Waals surface area contributed by atoms with Gasteiger partial charge < -0.3 is 9.80 Å². The van der Waals surface area contributed by atoms with Crippen molar-refractivity contribution in [3.63, 3.8) is 0 Å². The lowest BCUT2D eigenvalue weighted by atomic mass is 9.82. The van der Waals surface area contributed by atoms with Gasteiger partial charge in [0.05, 0.1) is 0 Å². The van der Waals surface area contributed by atoms with Gasteiger partial charge in [0.2, 0.25) is 5.91 Å². The van der Waals surface area contributed by atoms with Crippen LogP contribution in [-0.2, 0) is 4.79 Å². The van der Waals surface area contributed by atoms with Crippen LogP contribution in [0.2, 0.25) is 0 Å². The molecule has 3 saturated heterocycles. The molecule has 4 heteroatoms. The summed E-state index contributed by atoms with van der Waals surface area (Å²) in [5.41, 5.74) is 0. The first kappa shape index (κ1) is 12.7. The standard InChI is InChI=1S/C14H23ClN2O/c1-16-11-3-2-4-12(16)7-13(6-11)17-9-10(8-15)5-14(17)18/h10-13H,2-9H2,1H3/t10?,11-,12+,13?. The van der Waals surface area contributed by atoms with Crippen molar-refractivity contribution in [2.75, 3.05) is 19.5 Å². The smallest absolute Gasteiger partial charge is 0.223 e. The van der Waals surface area contributed by atoms with Gasteiger partial charge in [-0.2, -0.15) is 0 Å². The zero-order chi connectivity index (χ0) is 12.7. The van der Waals surface area contributed by atoms with Gasteiger partial charge >= 0.3 is 0 Å². The monoisotopic (exact) mass is 270 g/mol. The zero-order valence-corrected chi connectivity index (χ0v) is 11.9. The van der Waals surface area contributed by atoms with Crippen LogP contribution in [0.15, 0.2) is 0 Å². The summed E-state index contributed by atoms with van der Waals surface area (Å²) in [6.45, 7) is 0.899. The second kappa shape index (κ2) is 5.01. The van der Waals surface area contributed by atoms with Gasteiger partial charge in [-0.1, -0.05) is 6.42 Å². The van der Waals surface area contributed by atoms with E-state index in [0.717, 1.165) is 6.54 Å². The molecule has 0 radical (unpaired) electrons. The summed E-state index contributed by atoms with van der Waals surface area (Å²) in [4.78, 5) is 16.8. The Hall–Kier alpha value is -0.280. The molecule has 0 aromatic carbocycles. The van der Waals surface area contributed by atoms with Crippen molar-refractivity contribution in [1.82, 2.24) is 9.80 Å². The van der Waals surface area contributed by atoms with Crippen molar-refractivity contribution in [2.45, 2.75) is 56.7 Å². The maximum atomic E-state index is 12.1. The number of rotatable bonds is 2. The molecule has 18 heavy (non-hydrogen) atoms. The highest BCUT2D eigenvalue weighted by atomic mass is 35.5. The normalized spacial score (nSPS) is 41.4. The average molecular weight is 271 g/mol. The van der Waals surface area contributed by atoms with E-state index in [1.807, 2.05) is 0 Å². The van der Waals surface area contributed by atoms with Gasteiger partial charge in [0.15, 0.2) is 0 Å². The van der Waals surface area contributed by atoms with Gasteiger partial charge in [-0.15, -0.1) is 11.6 Å². The Bertz CT molecular complexity index is 322. The highest BCUT2D eigenvalue weighted by Gasteiger charge is 2.42. The minimum atomic E-state index is 0.341. The number of halogens is 1. The zero-order valence-electron chi connectivity index (χ0n) is 11.1. The van der Waals surface area contributed by atoms with Gasteiger partial charge in [0, 0.05) is 37.0 Å². The van der Waals surface area contributed by atoms with Crippen LogP contribution in [0.4, 0.5) is 0 Å². The molecule has 3 aliphatic heterocycles.